The molecule has 2 fully saturated rings. The lowest BCUT2D eigenvalue weighted by Crippen LogP contribution is -2.73. The first kappa shape index (κ1) is 25.4. The second-order valence-electron chi connectivity index (χ2n) is 10.2. The molecule has 3 aromatic rings. The molecule has 0 aliphatic carbocycles. The van der Waals surface area contributed by atoms with Crippen LogP contribution in [-0.2, 0) is 4.74 Å². The van der Waals surface area contributed by atoms with Gasteiger partial charge in [0.15, 0.2) is 0 Å². The number of carbonyl (C=O) groups is 1. The van der Waals surface area contributed by atoms with Gasteiger partial charge in [0.2, 0.25) is 0 Å². The predicted molar refractivity (Wildman–Crippen MR) is 145 cm³/mol. The first-order valence-corrected chi connectivity index (χ1v) is 12.8. The lowest BCUT2D eigenvalue weighted by molar-refractivity contribution is -0.0196. The summed E-state index contributed by atoms with van der Waals surface area (Å²) in [6.07, 6.45) is 2.96. The number of nitrogens with zero attached hydrogens (tertiary/aromatic N) is 5. The lowest BCUT2D eigenvalue weighted by atomic mass is 9.73. The fourth-order valence-corrected chi connectivity index (χ4v) is 5.42. The minimum atomic E-state index is -0.239. The Morgan fingerprint density at radius 2 is 1.92 bits per heavy atom. The Bertz CT molecular complexity index is 1340. The molecule has 5 rings (SSSR count). The van der Waals surface area contributed by atoms with Crippen molar-refractivity contribution in [3.63, 3.8) is 0 Å². The zero-order chi connectivity index (χ0) is 27.0. The zero-order valence-electron chi connectivity index (χ0n) is 22.2. The van der Waals surface area contributed by atoms with Crippen LogP contribution in [0.2, 0.25) is 0 Å². The molecule has 3 N–H and O–H groups in total. The Morgan fingerprint density at radius 1 is 1.16 bits per heavy atom. The van der Waals surface area contributed by atoms with E-state index in [0.29, 0.717) is 29.2 Å². The Hall–Kier alpha value is -4.21. The molecular weight excluding hydrogens is 482 g/mol. The van der Waals surface area contributed by atoms with E-state index in [4.69, 9.17) is 20.6 Å². The van der Waals surface area contributed by atoms with Gasteiger partial charge in [0.05, 0.1) is 24.2 Å². The summed E-state index contributed by atoms with van der Waals surface area (Å²) in [5.74, 6) is 1.48. The number of anilines is 2. The summed E-state index contributed by atoms with van der Waals surface area (Å²) in [6, 6.07) is 9.19. The molecule has 2 aliphatic heterocycles. The van der Waals surface area contributed by atoms with Crippen LogP contribution < -0.4 is 15.4 Å². The number of pyridine rings is 1. The maximum absolute atomic E-state index is 11.8. The van der Waals surface area contributed by atoms with Gasteiger partial charge in [-0.05, 0) is 63.6 Å². The number of aryl methyl sites for hydroxylation is 2. The standard InChI is InChI=1S/C28H33N7O3/c1-5-37-27(36)35-15-28(16-35)13-34(14-28)24-9-6-20(12-31-24)26(30)22-10-21(7-8-23(22)29)38-19(4)25-17(2)11-32-33-18(25)3/h6-12,19,30H,5,13-16,29H2,1-4H3. The van der Waals surface area contributed by atoms with Crippen LogP contribution in [0.5, 0.6) is 5.75 Å². The van der Waals surface area contributed by atoms with Gasteiger partial charge in [-0.1, -0.05) is 0 Å². The van der Waals surface area contributed by atoms with E-state index in [9.17, 15) is 4.79 Å². The Balaban J connectivity index is 1.23. The first-order chi connectivity index (χ1) is 18.2. The molecule has 1 spiro atoms. The fourth-order valence-electron chi connectivity index (χ4n) is 5.42. The number of nitrogens with one attached hydrogen (secondary N) is 1. The number of rotatable bonds is 7. The van der Waals surface area contributed by atoms with E-state index in [1.54, 1.807) is 29.4 Å². The van der Waals surface area contributed by atoms with Crippen LogP contribution in [0.15, 0.2) is 42.7 Å². The Morgan fingerprint density at radius 3 is 2.58 bits per heavy atom. The lowest BCUT2D eigenvalue weighted by Gasteiger charge is -2.59. The minimum absolute atomic E-state index is 0.134. The van der Waals surface area contributed by atoms with Crippen LogP contribution in [0.25, 0.3) is 0 Å². The molecule has 1 aromatic carbocycles. The summed E-state index contributed by atoms with van der Waals surface area (Å²) in [5, 5.41) is 16.9. The highest BCUT2D eigenvalue weighted by Gasteiger charge is 2.54. The zero-order valence-corrected chi connectivity index (χ0v) is 22.2. The third-order valence-corrected chi connectivity index (χ3v) is 7.28. The summed E-state index contributed by atoms with van der Waals surface area (Å²) in [5.41, 5.74) is 11.3. The molecule has 198 valence electrons. The molecule has 0 radical (unpaired) electrons. The van der Waals surface area contributed by atoms with Crippen molar-refractivity contribution in [1.82, 2.24) is 20.1 Å². The average Bonchev–Trinajstić information content (AvgIpc) is 2.83. The van der Waals surface area contributed by atoms with E-state index in [1.807, 2.05) is 45.9 Å². The monoisotopic (exact) mass is 515 g/mol. The van der Waals surface area contributed by atoms with Gasteiger partial charge >= 0.3 is 6.09 Å². The number of hydrogen-bond acceptors (Lipinski definition) is 9. The van der Waals surface area contributed by atoms with Gasteiger partial charge in [-0.3, -0.25) is 5.41 Å². The van der Waals surface area contributed by atoms with Crippen molar-refractivity contribution in [3.05, 3.63) is 70.7 Å². The number of nitrogen functional groups attached to an aromatic ring is 1. The van der Waals surface area contributed by atoms with E-state index in [0.717, 1.165) is 48.8 Å². The van der Waals surface area contributed by atoms with Gasteiger partial charge in [-0.2, -0.15) is 10.2 Å². The normalized spacial score (nSPS) is 16.4. The largest absolute Gasteiger partial charge is 0.486 e. The maximum atomic E-state index is 11.8. The van der Waals surface area contributed by atoms with E-state index in [-0.39, 0.29) is 23.3 Å². The molecule has 1 atom stereocenters. The number of benzene rings is 1. The molecule has 2 aromatic heterocycles. The Labute approximate surface area is 222 Å². The van der Waals surface area contributed by atoms with Crippen molar-refractivity contribution < 1.29 is 14.3 Å². The van der Waals surface area contributed by atoms with Crippen LogP contribution in [0.3, 0.4) is 0 Å². The van der Waals surface area contributed by atoms with Crippen LogP contribution in [0, 0.1) is 24.7 Å². The second-order valence-corrected chi connectivity index (χ2v) is 10.2. The number of ether oxygens (including phenoxy) is 2. The van der Waals surface area contributed by atoms with Gasteiger partial charge in [0.25, 0.3) is 0 Å². The van der Waals surface area contributed by atoms with Crippen molar-refractivity contribution in [2.24, 2.45) is 5.41 Å². The molecule has 0 bridgehead atoms. The van der Waals surface area contributed by atoms with Crippen molar-refractivity contribution in [3.8, 4) is 5.75 Å². The third kappa shape index (κ3) is 4.73. The van der Waals surface area contributed by atoms with Crippen molar-refractivity contribution >= 4 is 23.3 Å². The first-order valence-electron chi connectivity index (χ1n) is 12.8. The van der Waals surface area contributed by atoms with Gasteiger partial charge in [0.1, 0.15) is 17.7 Å². The molecule has 10 nitrogen and oxygen atoms in total. The number of aromatic nitrogens is 3. The summed E-state index contributed by atoms with van der Waals surface area (Å²) in [7, 11) is 0. The number of amides is 1. The molecule has 0 saturated carbocycles. The highest BCUT2D eigenvalue weighted by molar-refractivity contribution is 6.13. The summed E-state index contributed by atoms with van der Waals surface area (Å²) < 4.78 is 11.3. The third-order valence-electron chi connectivity index (χ3n) is 7.28. The van der Waals surface area contributed by atoms with E-state index in [2.05, 4.69) is 20.1 Å². The molecule has 1 amide bonds. The summed E-state index contributed by atoms with van der Waals surface area (Å²) >= 11 is 0. The second kappa shape index (κ2) is 9.92. The summed E-state index contributed by atoms with van der Waals surface area (Å²) in [4.78, 5) is 20.4. The molecule has 2 saturated heterocycles. The smallest absolute Gasteiger partial charge is 0.409 e. The quantitative estimate of drug-likeness (QED) is 0.358. The van der Waals surface area contributed by atoms with Gasteiger partial charge in [-0.25, -0.2) is 9.78 Å². The molecule has 10 heteroatoms. The van der Waals surface area contributed by atoms with E-state index < -0.39 is 0 Å². The molecule has 2 aliphatic rings. The van der Waals surface area contributed by atoms with Gasteiger partial charge in [-0.15, -0.1) is 0 Å². The van der Waals surface area contributed by atoms with Gasteiger partial charge < -0.3 is 25.0 Å². The minimum Gasteiger partial charge on any atom is -0.486 e. The summed E-state index contributed by atoms with van der Waals surface area (Å²) in [6.45, 7) is 11.2. The number of hydrogen-bond donors (Lipinski definition) is 2. The fraction of sp³-hybridized carbons (Fsp3) is 0.393. The topological polar surface area (TPSA) is 131 Å². The molecular formula is C28H33N7O3. The van der Waals surface area contributed by atoms with Crippen molar-refractivity contribution in [2.75, 3.05) is 43.4 Å². The molecule has 4 heterocycles. The van der Waals surface area contributed by atoms with E-state index >= 15 is 0 Å². The van der Waals surface area contributed by atoms with E-state index in [1.165, 1.54) is 0 Å². The molecule has 38 heavy (non-hydrogen) atoms. The van der Waals surface area contributed by atoms with Crippen molar-refractivity contribution in [2.45, 2.75) is 33.8 Å². The number of carbonyl (C=O) groups excluding carboxylic acids is 1. The molecule has 1 unspecified atom stereocenters. The van der Waals surface area contributed by atoms with Crippen LogP contribution in [0.4, 0.5) is 16.3 Å². The SMILES string of the molecule is CCOC(=O)N1CC2(C1)CN(c1ccc(C(=N)c3cc(OC(C)c4c(C)cnnc4C)ccc3N)cn1)C2. The maximum Gasteiger partial charge on any atom is 0.409 e. The average molecular weight is 516 g/mol. The van der Waals surface area contributed by atoms with Crippen LogP contribution >= 0.6 is 0 Å². The predicted octanol–water partition coefficient (Wildman–Crippen LogP) is 3.91. The van der Waals surface area contributed by atoms with Crippen LogP contribution in [0.1, 0.15) is 47.9 Å². The number of likely N-dealkylation sites (tertiary alicyclic amines) is 1. The highest BCUT2D eigenvalue weighted by Crippen LogP contribution is 2.41. The van der Waals surface area contributed by atoms with Crippen LogP contribution in [-0.4, -0.2) is 64.7 Å². The van der Waals surface area contributed by atoms with Crippen molar-refractivity contribution in [1.29, 1.82) is 5.41 Å². The van der Waals surface area contributed by atoms with Gasteiger partial charge in [0, 0.05) is 60.2 Å². The number of nitrogens with two attached hydrogens (primary N) is 1. The highest BCUT2D eigenvalue weighted by atomic mass is 16.6. The Kier molecular flexibility index (Phi) is 6.64.